The summed E-state index contributed by atoms with van der Waals surface area (Å²) in [4.78, 5) is 0. The summed E-state index contributed by atoms with van der Waals surface area (Å²) in [5, 5.41) is 0. The molecule has 1 fully saturated rings. The lowest BCUT2D eigenvalue weighted by atomic mass is 9.79. The van der Waals surface area contributed by atoms with Gasteiger partial charge in [-0.15, -0.1) is 0 Å². The Hall–Kier alpha value is -1.05. The summed E-state index contributed by atoms with van der Waals surface area (Å²) in [5.41, 5.74) is 7.00. The molecule has 0 aromatic heterocycles. The maximum absolute atomic E-state index is 13.7. The minimum absolute atomic E-state index is 0.253. The van der Waals surface area contributed by atoms with Crippen molar-refractivity contribution in [2.45, 2.75) is 25.4 Å². The fraction of sp³-hybridized carbons (Fsp3) is 0.455. The Kier molecular flexibility index (Phi) is 2.21. The van der Waals surface area contributed by atoms with Crippen LogP contribution in [0.15, 0.2) is 24.3 Å². The van der Waals surface area contributed by atoms with Gasteiger partial charge < -0.3 is 5.73 Å². The third-order valence-electron chi connectivity index (χ3n) is 2.82. The molecule has 1 aromatic carbocycles. The largest absolute Gasteiger partial charge is 0.399 e. The Bertz CT molecular complexity index is 277. The summed E-state index contributed by atoms with van der Waals surface area (Å²) >= 11 is 0. The van der Waals surface area contributed by atoms with Gasteiger partial charge in [0.15, 0.2) is 0 Å². The van der Waals surface area contributed by atoms with Crippen LogP contribution in [0.25, 0.3) is 0 Å². The molecule has 2 heteroatoms. The number of alkyl halides is 1. The van der Waals surface area contributed by atoms with E-state index in [1.54, 1.807) is 24.3 Å². The molecule has 0 radical (unpaired) electrons. The van der Waals surface area contributed by atoms with E-state index in [9.17, 15) is 4.39 Å². The molecule has 1 atom stereocenters. The second kappa shape index (κ2) is 3.36. The maximum Gasteiger partial charge on any atom is 0.128 e. The molecule has 0 saturated heterocycles. The molecular weight excluding hydrogens is 165 g/mol. The van der Waals surface area contributed by atoms with Crippen LogP contribution in [0.2, 0.25) is 0 Å². The van der Waals surface area contributed by atoms with Gasteiger partial charge in [0.25, 0.3) is 0 Å². The summed E-state index contributed by atoms with van der Waals surface area (Å²) in [6.07, 6.45) is 2.46. The molecule has 1 aliphatic rings. The molecule has 0 amide bonds. The summed E-state index contributed by atoms with van der Waals surface area (Å²) in [6, 6.07) is 7.11. The molecule has 2 N–H and O–H groups in total. The molecule has 0 spiro atoms. The van der Waals surface area contributed by atoms with Crippen molar-refractivity contribution < 1.29 is 4.39 Å². The van der Waals surface area contributed by atoms with Gasteiger partial charge in [0.1, 0.15) is 6.17 Å². The topological polar surface area (TPSA) is 26.0 Å². The summed E-state index contributed by atoms with van der Waals surface area (Å²) in [6.45, 7) is 0. The first-order chi connectivity index (χ1) is 6.27. The zero-order valence-electron chi connectivity index (χ0n) is 7.54. The normalized spacial score (nSPS) is 19.5. The van der Waals surface area contributed by atoms with Crippen LogP contribution in [-0.4, -0.2) is 0 Å². The van der Waals surface area contributed by atoms with Crippen LogP contribution in [0.3, 0.4) is 0 Å². The Balaban J connectivity index is 2.10. The lowest BCUT2D eigenvalue weighted by molar-refractivity contribution is 0.150. The third-order valence-corrected chi connectivity index (χ3v) is 2.82. The maximum atomic E-state index is 13.7. The van der Waals surface area contributed by atoms with Gasteiger partial charge in [-0.1, -0.05) is 18.6 Å². The third kappa shape index (κ3) is 1.67. The van der Waals surface area contributed by atoms with Crippen molar-refractivity contribution >= 4 is 5.69 Å². The molecule has 1 aromatic rings. The first kappa shape index (κ1) is 8.54. The Morgan fingerprint density at radius 3 is 2.31 bits per heavy atom. The fourth-order valence-electron chi connectivity index (χ4n) is 1.68. The van der Waals surface area contributed by atoms with E-state index in [1.807, 2.05) is 0 Å². The molecule has 13 heavy (non-hydrogen) atoms. The van der Waals surface area contributed by atoms with Gasteiger partial charge in [-0.2, -0.15) is 0 Å². The van der Waals surface area contributed by atoms with E-state index in [4.69, 9.17) is 5.73 Å². The van der Waals surface area contributed by atoms with Gasteiger partial charge >= 0.3 is 0 Å². The van der Waals surface area contributed by atoms with Gasteiger partial charge in [-0.3, -0.25) is 0 Å². The quantitative estimate of drug-likeness (QED) is 0.694. The van der Waals surface area contributed by atoms with Gasteiger partial charge in [0.05, 0.1) is 0 Å². The number of nitrogens with two attached hydrogens (primary N) is 1. The number of anilines is 1. The zero-order valence-corrected chi connectivity index (χ0v) is 7.54. The van der Waals surface area contributed by atoms with Crippen molar-refractivity contribution in [1.29, 1.82) is 0 Å². The van der Waals surface area contributed by atoms with Crippen LogP contribution >= 0.6 is 0 Å². The van der Waals surface area contributed by atoms with Crippen LogP contribution in [0.4, 0.5) is 10.1 Å². The summed E-state index contributed by atoms with van der Waals surface area (Å²) in [5.74, 6) is 0.253. The van der Waals surface area contributed by atoms with Crippen LogP contribution in [0.1, 0.15) is 31.0 Å². The van der Waals surface area contributed by atoms with Crippen molar-refractivity contribution in [2.75, 3.05) is 5.73 Å². The standard InChI is InChI=1S/C11H14FN/c12-11(8-2-1-3-8)9-4-6-10(13)7-5-9/h4-8,11H,1-3,13H2. The average molecular weight is 179 g/mol. The van der Waals surface area contributed by atoms with E-state index in [-0.39, 0.29) is 5.92 Å². The van der Waals surface area contributed by atoms with Crippen molar-refractivity contribution in [3.05, 3.63) is 29.8 Å². The number of hydrogen-bond acceptors (Lipinski definition) is 1. The van der Waals surface area contributed by atoms with Crippen LogP contribution in [0.5, 0.6) is 0 Å². The van der Waals surface area contributed by atoms with Gasteiger partial charge in [0, 0.05) is 5.69 Å². The van der Waals surface area contributed by atoms with E-state index < -0.39 is 6.17 Å². The first-order valence-corrected chi connectivity index (χ1v) is 4.77. The van der Waals surface area contributed by atoms with Crippen molar-refractivity contribution in [3.8, 4) is 0 Å². The van der Waals surface area contributed by atoms with Crippen LogP contribution < -0.4 is 5.73 Å². The minimum Gasteiger partial charge on any atom is -0.399 e. The number of rotatable bonds is 2. The van der Waals surface area contributed by atoms with Gasteiger partial charge in [-0.25, -0.2) is 4.39 Å². The van der Waals surface area contributed by atoms with Crippen molar-refractivity contribution in [2.24, 2.45) is 5.92 Å². The predicted molar refractivity (Wildman–Crippen MR) is 52.0 cm³/mol. The van der Waals surface area contributed by atoms with Crippen LogP contribution in [-0.2, 0) is 0 Å². The Morgan fingerprint density at radius 1 is 1.23 bits per heavy atom. The fourth-order valence-corrected chi connectivity index (χ4v) is 1.68. The van der Waals surface area contributed by atoms with Crippen LogP contribution in [0, 0.1) is 5.92 Å². The second-order valence-corrected chi connectivity index (χ2v) is 3.76. The molecule has 0 bridgehead atoms. The molecule has 1 aliphatic carbocycles. The Labute approximate surface area is 77.8 Å². The van der Waals surface area contributed by atoms with Crippen molar-refractivity contribution in [3.63, 3.8) is 0 Å². The van der Waals surface area contributed by atoms with E-state index in [2.05, 4.69) is 0 Å². The zero-order chi connectivity index (χ0) is 9.26. The summed E-state index contributed by atoms with van der Waals surface area (Å²) < 4.78 is 13.7. The molecule has 1 nitrogen and oxygen atoms in total. The average Bonchev–Trinajstić information content (AvgIpc) is 2.02. The first-order valence-electron chi connectivity index (χ1n) is 4.77. The number of hydrogen-bond donors (Lipinski definition) is 1. The highest BCUT2D eigenvalue weighted by Crippen LogP contribution is 2.40. The predicted octanol–water partition coefficient (Wildman–Crippen LogP) is 3.08. The molecule has 1 unspecified atom stereocenters. The molecule has 70 valence electrons. The minimum atomic E-state index is -0.783. The number of nitrogen functional groups attached to an aromatic ring is 1. The van der Waals surface area contributed by atoms with E-state index >= 15 is 0 Å². The van der Waals surface area contributed by atoms with Crippen molar-refractivity contribution in [1.82, 2.24) is 0 Å². The van der Waals surface area contributed by atoms with E-state index in [0.717, 1.165) is 18.4 Å². The molecule has 0 aliphatic heterocycles. The number of halogens is 1. The second-order valence-electron chi connectivity index (χ2n) is 3.76. The summed E-state index contributed by atoms with van der Waals surface area (Å²) in [7, 11) is 0. The lowest BCUT2D eigenvalue weighted by Gasteiger charge is -2.28. The molecule has 0 heterocycles. The molecule has 2 rings (SSSR count). The molecular formula is C11H14FN. The highest BCUT2D eigenvalue weighted by Gasteiger charge is 2.27. The highest BCUT2D eigenvalue weighted by atomic mass is 19.1. The monoisotopic (exact) mass is 179 g/mol. The van der Waals surface area contributed by atoms with E-state index in [1.165, 1.54) is 6.42 Å². The Morgan fingerprint density at radius 2 is 1.85 bits per heavy atom. The van der Waals surface area contributed by atoms with Gasteiger partial charge in [0.2, 0.25) is 0 Å². The lowest BCUT2D eigenvalue weighted by Crippen LogP contribution is -2.17. The highest BCUT2D eigenvalue weighted by molar-refractivity contribution is 5.40. The van der Waals surface area contributed by atoms with E-state index in [0.29, 0.717) is 5.69 Å². The SMILES string of the molecule is Nc1ccc(C(F)C2CCC2)cc1. The smallest absolute Gasteiger partial charge is 0.128 e. The molecule has 1 saturated carbocycles. The number of benzene rings is 1. The van der Waals surface area contributed by atoms with Gasteiger partial charge in [-0.05, 0) is 36.5 Å².